The molecule has 2 rings (SSSR count). The van der Waals surface area contributed by atoms with Crippen molar-refractivity contribution in [3.63, 3.8) is 0 Å². The van der Waals surface area contributed by atoms with Gasteiger partial charge in [-0.1, -0.05) is 6.07 Å². The largest absolute Gasteiger partial charge is 0.366 e. The normalized spacial score (nSPS) is 17.9. The standard InChI is InChI=1S/C11H12N2O/c12-10(14)7-9-4-1-3-8-5-2-6-13-11(8)9/h2,5-7H,1,3-4H2,(H2,12,14)/b9-7+. The summed E-state index contributed by atoms with van der Waals surface area (Å²) < 4.78 is 0. The third-order valence-electron chi connectivity index (χ3n) is 2.40. The molecule has 1 heterocycles. The quantitative estimate of drug-likeness (QED) is 0.675. The molecule has 1 aromatic heterocycles. The van der Waals surface area contributed by atoms with Crippen LogP contribution in [-0.4, -0.2) is 10.9 Å². The van der Waals surface area contributed by atoms with Crippen LogP contribution in [0.25, 0.3) is 5.57 Å². The second kappa shape index (κ2) is 3.62. The number of carbonyl (C=O) groups excluding carboxylic acids is 1. The summed E-state index contributed by atoms with van der Waals surface area (Å²) >= 11 is 0. The van der Waals surface area contributed by atoms with Gasteiger partial charge < -0.3 is 5.73 Å². The summed E-state index contributed by atoms with van der Waals surface area (Å²) in [5, 5.41) is 0. The zero-order valence-electron chi connectivity index (χ0n) is 7.86. The molecular formula is C11H12N2O. The van der Waals surface area contributed by atoms with Gasteiger partial charge in [0, 0.05) is 12.3 Å². The fourth-order valence-corrected chi connectivity index (χ4v) is 1.83. The van der Waals surface area contributed by atoms with E-state index in [2.05, 4.69) is 11.1 Å². The molecule has 0 aromatic carbocycles. The van der Waals surface area contributed by atoms with Gasteiger partial charge in [-0.25, -0.2) is 0 Å². The first-order valence-electron chi connectivity index (χ1n) is 4.71. The molecule has 0 unspecified atom stereocenters. The lowest BCUT2D eigenvalue weighted by Gasteiger charge is -2.16. The number of amides is 1. The Bertz CT molecular complexity index is 396. The molecule has 72 valence electrons. The predicted molar refractivity (Wildman–Crippen MR) is 54.3 cm³/mol. The zero-order valence-corrected chi connectivity index (χ0v) is 7.86. The summed E-state index contributed by atoms with van der Waals surface area (Å²) in [6, 6.07) is 3.97. The van der Waals surface area contributed by atoms with Gasteiger partial charge >= 0.3 is 0 Å². The number of hydrogen-bond donors (Lipinski definition) is 1. The molecule has 1 amide bonds. The topological polar surface area (TPSA) is 56.0 Å². The van der Waals surface area contributed by atoms with Crippen molar-refractivity contribution in [2.75, 3.05) is 0 Å². The second-order valence-corrected chi connectivity index (χ2v) is 3.44. The fraction of sp³-hybridized carbons (Fsp3) is 0.273. The number of allylic oxidation sites excluding steroid dienone is 1. The first-order valence-corrected chi connectivity index (χ1v) is 4.71. The van der Waals surface area contributed by atoms with Crippen molar-refractivity contribution in [2.45, 2.75) is 19.3 Å². The molecule has 14 heavy (non-hydrogen) atoms. The van der Waals surface area contributed by atoms with Crippen LogP contribution in [0, 0.1) is 0 Å². The van der Waals surface area contributed by atoms with E-state index < -0.39 is 5.91 Å². The minimum Gasteiger partial charge on any atom is -0.366 e. The van der Waals surface area contributed by atoms with Crippen molar-refractivity contribution >= 4 is 11.5 Å². The van der Waals surface area contributed by atoms with Crippen LogP contribution >= 0.6 is 0 Å². The summed E-state index contributed by atoms with van der Waals surface area (Å²) in [5.74, 6) is -0.390. The number of primary amides is 1. The van der Waals surface area contributed by atoms with E-state index >= 15 is 0 Å². The number of fused-ring (bicyclic) bond motifs is 1. The molecule has 2 N–H and O–H groups in total. The number of carbonyl (C=O) groups is 1. The van der Waals surface area contributed by atoms with Crippen molar-refractivity contribution in [2.24, 2.45) is 5.73 Å². The van der Waals surface area contributed by atoms with E-state index in [1.165, 1.54) is 11.6 Å². The molecule has 3 heteroatoms. The number of hydrogen-bond acceptors (Lipinski definition) is 2. The molecule has 0 atom stereocenters. The van der Waals surface area contributed by atoms with Gasteiger partial charge in [0.15, 0.2) is 0 Å². The fourth-order valence-electron chi connectivity index (χ4n) is 1.83. The van der Waals surface area contributed by atoms with Crippen LogP contribution in [0.3, 0.4) is 0 Å². The molecule has 0 saturated heterocycles. The SMILES string of the molecule is NC(=O)/C=C1\CCCc2cccnc21. The van der Waals surface area contributed by atoms with Gasteiger partial charge in [0.25, 0.3) is 0 Å². The van der Waals surface area contributed by atoms with Gasteiger partial charge in [0.1, 0.15) is 0 Å². The predicted octanol–water partition coefficient (Wildman–Crippen LogP) is 1.29. The molecule has 1 aromatic rings. The molecule has 0 aliphatic heterocycles. The Kier molecular flexibility index (Phi) is 2.31. The van der Waals surface area contributed by atoms with E-state index in [4.69, 9.17) is 5.73 Å². The van der Waals surface area contributed by atoms with Crippen molar-refractivity contribution in [1.29, 1.82) is 0 Å². The molecule has 0 radical (unpaired) electrons. The van der Waals surface area contributed by atoms with Gasteiger partial charge in [-0.2, -0.15) is 0 Å². The first-order chi connectivity index (χ1) is 6.77. The van der Waals surface area contributed by atoms with Crippen molar-refractivity contribution < 1.29 is 4.79 Å². The van der Waals surface area contributed by atoms with Crippen LogP contribution in [0.2, 0.25) is 0 Å². The van der Waals surface area contributed by atoms with Gasteiger partial charge in [0.05, 0.1) is 5.69 Å². The molecule has 0 spiro atoms. The average molecular weight is 188 g/mol. The van der Waals surface area contributed by atoms with Crippen LogP contribution in [0.1, 0.15) is 24.1 Å². The van der Waals surface area contributed by atoms with E-state index in [1.807, 2.05) is 6.07 Å². The van der Waals surface area contributed by atoms with Gasteiger partial charge in [-0.3, -0.25) is 9.78 Å². The van der Waals surface area contributed by atoms with Crippen molar-refractivity contribution in [1.82, 2.24) is 4.98 Å². The van der Waals surface area contributed by atoms with Crippen LogP contribution in [0.5, 0.6) is 0 Å². The highest BCUT2D eigenvalue weighted by atomic mass is 16.1. The molecule has 0 fully saturated rings. The monoisotopic (exact) mass is 188 g/mol. The zero-order chi connectivity index (χ0) is 9.97. The van der Waals surface area contributed by atoms with E-state index in [9.17, 15) is 4.79 Å². The Morgan fingerprint density at radius 2 is 2.36 bits per heavy atom. The molecule has 0 bridgehead atoms. The molecule has 3 nitrogen and oxygen atoms in total. The maximum Gasteiger partial charge on any atom is 0.241 e. The number of rotatable bonds is 1. The number of nitrogens with two attached hydrogens (primary N) is 1. The minimum absolute atomic E-state index is 0.390. The van der Waals surface area contributed by atoms with Gasteiger partial charge in [-0.05, 0) is 36.5 Å². The Morgan fingerprint density at radius 3 is 3.14 bits per heavy atom. The summed E-state index contributed by atoms with van der Waals surface area (Å²) in [6.45, 7) is 0. The van der Waals surface area contributed by atoms with E-state index in [1.54, 1.807) is 6.20 Å². The summed E-state index contributed by atoms with van der Waals surface area (Å²) in [4.78, 5) is 15.1. The molecular weight excluding hydrogens is 176 g/mol. The third kappa shape index (κ3) is 1.66. The van der Waals surface area contributed by atoms with Gasteiger partial charge in [0.2, 0.25) is 5.91 Å². The smallest absolute Gasteiger partial charge is 0.241 e. The lowest BCUT2D eigenvalue weighted by atomic mass is 9.91. The Morgan fingerprint density at radius 1 is 1.50 bits per heavy atom. The van der Waals surface area contributed by atoms with Crippen LogP contribution < -0.4 is 5.73 Å². The minimum atomic E-state index is -0.390. The lowest BCUT2D eigenvalue weighted by molar-refractivity contribution is -0.113. The number of pyridine rings is 1. The highest BCUT2D eigenvalue weighted by Crippen LogP contribution is 2.28. The first kappa shape index (κ1) is 8.94. The highest BCUT2D eigenvalue weighted by molar-refractivity contribution is 5.94. The van der Waals surface area contributed by atoms with Crippen LogP contribution in [0.15, 0.2) is 24.4 Å². The average Bonchev–Trinajstić information content (AvgIpc) is 2.18. The van der Waals surface area contributed by atoms with E-state index in [0.29, 0.717) is 0 Å². The number of aryl methyl sites for hydroxylation is 1. The summed E-state index contributed by atoms with van der Waals surface area (Å²) in [6.07, 6.45) is 6.24. The summed E-state index contributed by atoms with van der Waals surface area (Å²) in [7, 11) is 0. The Balaban J connectivity index is 2.45. The summed E-state index contributed by atoms with van der Waals surface area (Å²) in [5.41, 5.74) is 8.27. The highest BCUT2D eigenvalue weighted by Gasteiger charge is 2.14. The third-order valence-corrected chi connectivity index (χ3v) is 2.40. The Labute approximate surface area is 82.6 Å². The lowest BCUT2D eigenvalue weighted by Crippen LogP contribution is -2.10. The molecule has 1 aliphatic carbocycles. The maximum atomic E-state index is 10.8. The maximum absolute atomic E-state index is 10.8. The molecule has 0 saturated carbocycles. The van der Waals surface area contributed by atoms with E-state index in [0.717, 1.165) is 30.5 Å². The van der Waals surface area contributed by atoms with Crippen LogP contribution in [-0.2, 0) is 11.2 Å². The van der Waals surface area contributed by atoms with Crippen LogP contribution in [0.4, 0.5) is 0 Å². The molecule has 1 aliphatic rings. The Hall–Kier alpha value is -1.64. The van der Waals surface area contributed by atoms with E-state index in [-0.39, 0.29) is 0 Å². The van der Waals surface area contributed by atoms with Crippen molar-refractivity contribution in [3.8, 4) is 0 Å². The second-order valence-electron chi connectivity index (χ2n) is 3.44. The number of nitrogens with zero attached hydrogens (tertiary/aromatic N) is 1. The van der Waals surface area contributed by atoms with Gasteiger partial charge in [-0.15, -0.1) is 0 Å². The number of aromatic nitrogens is 1. The van der Waals surface area contributed by atoms with Crippen molar-refractivity contribution in [3.05, 3.63) is 35.7 Å².